The molecule has 0 amide bonds. The molecule has 1 aliphatic rings. The van der Waals surface area contributed by atoms with Crippen molar-refractivity contribution < 1.29 is 18.1 Å². The number of hydrogen-bond acceptors (Lipinski definition) is 5. The Morgan fingerprint density at radius 1 is 1.38 bits per heavy atom. The summed E-state index contributed by atoms with van der Waals surface area (Å²) in [6.45, 7) is 1.98. The lowest BCUT2D eigenvalue weighted by Crippen LogP contribution is -2.17. The molecule has 1 fully saturated rings. The van der Waals surface area contributed by atoms with Crippen LogP contribution < -0.4 is 9.88 Å². The van der Waals surface area contributed by atoms with Gasteiger partial charge < -0.3 is 4.74 Å². The molecule has 0 bridgehead atoms. The van der Waals surface area contributed by atoms with Crippen LogP contribution in [-0.2, 0) is 10.0 Å². The summed E-state index contributed by atoms with van der Waals surface area (Å²) in [5.41, 5.74) is 0.0796. The maximum absolute atomic E-state index is 11.7. The van der Waals surface area contributed by atoms with Gasteiger partial charge in [0.1, 0.15) is 10.6 Å². The van der Waals surface area contributed by atoms with Crippen molar-refractivity contribution in [2.24, 2.45) is 11.1 Å². The standard InChI is InChI=1S/C13H18N2O5S/c1-9-6-11(15(16)17)7-12(21(14,18)19)13(9)20-8-10-4-2-3-5-10/h6-7,10H,2-5,8H2,1H3,(H2,14,18,19). The molecule has 0 radical (unpaired) electrons. The van der Waals surface area contributed by atoms with Crippen LogP contribution in [0.15, 0.2) is 17.0 Å². The van der Waals surface area contributed by atoms with Crippen molar-refractivity contribution in [3.8, 4) is 5.75 Å². The van der Waals surface area contributed by atoms with Gasteiger partial charge in [-0.05, 0) is 31.2 Å². The monoisotopic (exact) mass is 314 g/mol. The summed E-state index contributed by atoms with van der Waals surface area (Å²) in [5, 5.41) is 16.0. The highest BCUT2D eigenvalue weighted by atomic mass is 32.2. The van der Waals surface area contributed by atoms with Gasteiger partial charge in [0.05, 0.1) is 11.5 Å². The van der Waals surface area contributed by atoms with Crippen LogP contribution in [0.4, 0.5) is 5.69 Å². The molecule has 8 heteroatoms. The summed E-state index contributed by atoms with van der Waals surface area (Å²) < 4.78 is 28.9. The number of rotatable bonds is 5. The molecule has 0 heterocycles. The Morgan fingerprint density at radius 3 is 2.52 bits per heavy atom. The van der Waals surface area contributed by atoms with Crippen molar-refractivity contribution in [3.05, 3.63) is 27.8 Å². The second-order valence-corrected chi connectivity index (χ2v) is 6.88. The number of primary sulfonamides is 1. The Labute approximate surface area is 123 Å². The SMILES string of the molecule is Cc1cc([N+](=O)[O-])cc(S(N)(=O)=O)c1OCC1CCCC1. The van der Waals surface area contributed by atoms with E-state index in [1.54, 1.807) is 6.92 Å². The minimum Gasteiger partial charge on any atom is -0.492 e. The van der Waals surface area contributed by atoms with Gasteiger partial charge in [0, 0.05) is 12.1 Å². The van der Waals surface area contributed by atoms with Crippen molar-refractivity contribution in [1.82, 2.24) is 0 Å². The van der Waals surface area contributed by atoms with Crippen LogP contribution in [0.25, 0.3) is 0 Å². The number of sulfonamides is 1. The second kappa shape index (κ2) is 5.98. The van der Waals surface area contributed by atoms with Crippen LogP contribution in [-0.4, -0.2) is 19.9 Å². The van der Waals surface area contributed by atoms with E-state index in [-0.39, 0.29) is 16.3 Å². The van der Waals surface area contributed by atoms with Crippen LogP contribution in [0.5, 0.6) is 5.75 Å². The van der Waals surface area contributed by atoms with Crippen LogP contribution in [0.2, 0.25) is 0 Å². The molecule has 21 heavy (non-hydrogen) atoms. The van der Waals surface area contributed by atoms with Gasteiger partial charge in [0.15, 0.2) is 0 Å². The average Bonchev–Trinajstić information content (AvgIpc) is 2.88. The Hall–Kier alpha value is -1.67. The van der Waals surface area contributed by atoms with Crippen molar-refractivity contribution in [1.29, 1.82) is 0 Å². The first-order valence-corrected chi connectivity index (χ1v) is 8.28. The summed E-state index contributed by atoms with van der Waals surface area (Å²) in [7, 11) is -4.09. The Kier molecular flexibility index (Phi) is 4.48. The minimum atomic E-state index is -4.09. The first kappa shape index (κ1) is 15.7. The predicted molar refractivity (Wildman–Crippen MR) is 76.7 cm³/mol. The summed E-state index contributed by atoms with van der Waals surface area (Å²) in [5.74, 6) is 0.517. The summed E-state index contributed by atoms with van der Waals surface area (Å²) in [6.07, 6.45) is 4.40. The van der Waals surface area contributed by atoms with E-state index in [1.165, 1.54) is 6.07 Å². The third-order valence-corrected chi connectivity index (χ3v) is 4.60. The van der Waals surface area contributed by atoms with Crippen molar-refractivity contribution in [2.45, 2.75) is 37.5 Å². The number of hydrogen-bond donors (Lipinski definition) is 1. The molecule has 2 rings (SSSR count). The molecule has 1 aromatic rings. The fourth-order valence-corrected chi connectivity index (χ4v) is 3.37. The molecular weight excluding hydrogens is 296 g/mol. The lowest BCUT2D eigenvalue weighted by Gasteiger charge is -2.15. The first-order chi connectivity index (χ1) is 9.79. The Bertz CT molecular complexity index is 651. The molecule has 1 aromatic carbocycles. The fraction of sp³-hybridized carbons (Fsp3) is 0.538. The van der Waals surface area contributed by atoms with Gasteiger partial charge >= 0.3 is 0 Å². The van der Waals surface area contributed by atoms with E-state index in [2.05, 4.69) is 0 Å². The van der Waals surface area contributed by atoms with E-state index in [0.717, 1.165) is 31.7 Å². The molecule has 0 saturated heterocycles. The Balaban J connectivity index is 2.35. The van der Waals surface area contributed by atoms with Gasteiger partial charge in [0.2, 0.25) is 10.0 Å². The van der Waals surface area contributed by atoms with Crippen LogP contribution in [0.3, 0.4) is 0 Å². The zero-order valence-corrected chi connectivity index (χ0v) is 12.6. The molecule has 0 aliphatic heterocycles. The lowest BCUT2D eigenvalue weighted by atomic mass is 10.1. The summed E-state index contributed by atoms with van der Waals surface area (Å²) >= 11 is 0. The quantitative estimate of drug-likeness (QED) is 0.660. The Morgan fingerprint density at radius 2 is 2.00 bits per heavy atom. The zero-order chi connectivity index (χ0) is 15.6. The number of nitro groups is 1. The maximum Gasteiger partial charge on any atom is 0.271 e. The molecule has 2 N–H and O–H groups in total. The highest BCUT2D eigenvalue weighted by Crippen LogP contribution is 2.33. The van der Waals surface area contributed by atoms with E-state index in [9.17, 15) is 18.5 Å². The van der Waals surface area contributed by atoms with E-state index in [4.69, 9.17) is 9.88 Å². The van der Waals surface area contributed by atoms with Gasteiger partial charge in [0.25, 0.3) is 5.69 Å². The zero-order valence-electron chi connectivity index (χ0n) is 11.7. The van der Waals surface area contributed by atoms with Gasteiger partial charge in [-0.1, -0.05) is 12.8 Å². The van der Waals surface area contributed by atoms with E-state index < -0.39 is 14.9 Å². The van der Waals surface area contributed by atoms with Crippen LogP contribution >= 0.6 is 0 Å². The van der Waals surface area contributed by atoms with E-state index in [0.29, 0.717) is 18.1 Å². The van der Waals surface area contributed by atoms with Gasteiger partial charge in [-0.3, -0.25) is 10.1 Å². The van der Waals surface area contributed by atoms with Gasteiger partial charge in [-0.2, -0.15) is 0 Å². The molecule has 116 valence electrons. The number of ether oxygens (including phenoxy) is 1. The van der Waals surface area contributed by atoms with Crippen molar-refractivity contribution >= 4 is 15.7 Å². The number of aryl methyl sites for hydroxylation is 1. The molecule has 1 saturated carbocycles. The predicted octanol–water partition coefficient (Wildman–Crippen LogP) is 2.12. The van der Waals surface area contributed by atoms with E-state index in [1.807, 2.05) is 0 Å². The second-order valence-electron chi connectivity index (χ2n) is 5.35. The number of nitrogens with two attached hydrogens (primary N) is 1. The summed E-state index contributed by atoms with van der Waals surface area (Å²) in [6, 6.07) is 2.24. The number of nitrogens with zero attached hydrogens (tertiary/aromatic N) is 1. The van der Waals surface area contributed by atoms with Crippen LogP contribution in [0, 0.1) is 23.0 Å². The number of benzene rings is 1. The van der Waals surface area contributed by atoms with Crippen molar-refractivity contribution in [2.75, 3.05) is 6.61 Å². The number of nitro benzene ring substituents is 1. The van der Waals surface area contributed by atoms with Gasteiger partial charge in [-0.25, -0.2) is 13.6 Å². The van der Waals surface area contributed by atoms with E-state index >= 15 is 0 Å². The van der Waals surface area contributed by atoms with Crippen molar-refractivity contribution in [3.63, 3.8) is 0 Å². The topological polar surface area (TPSA) is 113 Å². The third-order valence-electron chi connectivity index (χ3n) is 3.68. The number of non-ortho nitro benzene ring substituents is 1. The van der Waals surface area contributed by atoms with Crippen LogP contribution in [0.1, 0.15) is 31.2 Å². The molecule has 0 atom stereocenters. The first-order valence-electron chi connectivity index (χ1n) is 6.73. The minimum absolute atomic E-state index is 0.120. The smallest absolute Gasteiger partial charge is 0.271 e. The molecule has 0 unspecified atom stereocenters. The lowest BCUT2D eigenvalue weighted by molar-refractivity contribution is -0.385. The molecule has 7 nitrogen and oxygen atoms in total. The molecule has 0 spiro atoms. The highest BCUT2D eigenvalue weighted by Gasteiger charge is 2.24. The highest BCUT2D eigenvalue weighted by molar-refractivity contribution is 7.89. The van der Waals surface area contributed by atoms with Gasteiger partial charge in [-0.15, -0.1) is 0 Å². The fourth-order valence-electron chi connectivity index (χ4n) is 2.60. The maximum atomic E-state index is 11.7. The summed E-state index contributed by atoms with van der Waals surface area (Å²) in [4.78, 5) is 9.86. The largest absolute Gasteiger partial charge is 0.492 e. The molecular formula is C13H18N2O5S. The molecule has 0 aromatic heterocycles. The molecule has 1 aliphatic carbocycles. The normalized spacial score (nSPS) is 16.1. The third kappa shape index (κ3) is 3.70. The average molecular weight is 314 g/mol.